The van der Waals surface area contributed by atoms with Gasteiger partial charge < -0.3 is 0 Å². The summed E-state index contributed by atoms with van der Waals surface area (Å²) in [6.07, 6.45) is 0. The first-order chi connectivity index (χ1) is 3.42. The van der Waals surface area contributed by atoms with Crippen LogP contribution in [0.1, 0.15) is 0 Å². The van der Waals surface area contributed by atoms with E-state index in [2.05, 4.69) is 31.1 Å². The molecule has 0 aromatic heterocycles. The van der Waals surface area contributed by atoms with Crippen molar-refractivity contribution in [1.82, 2.24) is 0 Å². The van der Waals surface area contributed by atoms with Crippen molar-refractivity contribution in [1.29, 1.82) is 0 Å². The molecule has 0 spiro atoms. The molecule has 0 aliphatic rings. The summed E-state index contributed by atoms with van der Waals surface area (Å²) in [7, 11) is 6.03. The quantitative estimate of drug-likeness (QED) is 0.710. The van der Waals surface area contributed by atoms with E-state index in [0.717, 1.165) is 0 Å². The van der Waals surface area contributed by atoms with E-state index in [0.29, 0.717) is 0 Å². The second-order valence-electron chi connectivity index (χ2n) is 2.15. The third-order valence-corrected chi connectivity index (χ3v) is 34.6. The Morgan fingerprint density at radius 2 is 1.75 bits per heavy atom. The Balaban J connectivity index is 3.56. The van der Waals surface area contributed by atoms with Crippen LogP contribution in [0.15, 0.2) is 0 Å². The van der Waals surface area contributed by atoms with E-state index in [4.69, 9.17) is 10.4 Å². The summed E-state index contributed by atoms with van der Waals surface area (Å²) in [5.41, 5.74) is 9.25. The zero-order valence-corrected chi connectivity index (χ0v) is 11.1. The molecule has 0 amide bonds. The van der Waals surface area contributed by atoms with Crippen molar-refractivity contribution >= 4 is 42.9 Å². The predicted molar refractivity (Wildman–Crippen MR) is 50.1 cm³/mol. The van der Waals surface area contributed by atoms with Crippen molar-refractivity contribution in [3.8, 4) is 0 Å². The molecule has 50 valence electrons. The Labute approximate surface area is 65.2 Å². The molecule has 8 heavy (non-hydrogen) atoms. The first-order valence-corrected chi connectivity index (χ1v) is 17.8. The molecule has 0 fully saturated rings. The van der Waals surface area contributed by atoms with E-state index in [1.54, 1.807) is 0 Å². The Kier molecular flexibility index (Phi) is 4.55. The molecule has 0 radical (unpaired) electrons. The van der Waals surface area contributed by atoms with Gasteiger partial charge in [-0.2, -0.15) is 0 Å². The van der Waals surface area contributed by atoms with Gasteiger partial charge in [0.2, 0.25) is 0 Å². The fourth-order valence-corrected chi connectivity index (χ4v) is 42.7. The molecule has 0 aromatic carbocycles. The van der Waals surface area contributed by atoms with Gasteiger partial charge in [0.1, 0.15) is 0 Å². The van der Waals surface area contributed by atoms with Crippen LogP contribution in [0.3, 0.4) is 0 Å². The molecule has 0 saturated carbocycles. The zero-order valence-electron chi connectivity index (χ0n) is 5.71. The summed E-state index contributed by atoms with van der Waals surface area (Å²) >= 11 is -0.464. The van der Waals surface area contributed by atoms with E-state index in [1.165, 1.54) is 0 Å². The molecule has 0 aromatic rings. The van der Waals surface area contributed by atoms with Gasteiger partial charge in [-0.1, -0.05) is 0 Å². The van der Waals surface area contributed by atoms with Gasteiger partial charge in [-0.05, 0) is 0 Å². The standard InChI is InChI=1S/C4H12As2S2/c1-5(2)8-6(3,4)7/h1-4H3. The molecule has 0 bridgehead atoms. The van der Waals surface area contributed by atoms with Crippen molar-refractivity contribution in [3.05, 3.63) is 0 Å². The molecule has 0 nitrogen and oxygen atoms in total. The Bertz CT molecular complexity index is 105. The summed E-state index contributed by atoms with van der Waals surface area (Å²) in [5.74, 6) is 0. The third kappa shape index (κ3) is 7.69. The van der Waals surface area contributed by atoms with E-state index in [1.807, 2.05) is 0 Å². The van der Waals surface area contributed by atoms with Gasteiger partial charge in [0.15, 0.2) is 0 Å². The average molecular weight is 274 g/mol. The van der Waals surface area contributed by atoms with Gasteiger partial charge in [0.05, 0.1) is 0 Å². The van der Waals surface area contributed by atoms with E-state index >= 15 is 0 Å². The average Bonchev–Trinajstić information content (AvgIpc) is 1.21. The maximum absolute atomic E-state index is 5.33. The van der Waals surface area contributed by atoms with Gasteiger partial charge in [0.25, 0.3) is 0 Å². The van der Waals surface area contributed by atoms with Crippen LogP contribution in [0.4, 0.5) is 0 Å². The minimum atomic E-state index is -1.45. The topological polar surface area (TPSA) is 0 Å². The van der Waals surface area contributed by atoms with E-state index in [-0.39, 0.29) is 0 Å². The molecule has 0 unspecified atom stereocenters. The first kappa shape index (κ1) is 9.69. The van der Waals surface area contributed by atoms with Crippen LogP contribution >= 0.6 is 18.7 Å². The number of hydrogen-bond acceptors (Lipinski definition) is 2. The third-order valence-electron chi connectivity index (χ3n) is 0.360. The summed E-state index contributed by atoms with van der Waals surface area (Å²) in [6, 6.07) is 0. The predicted octanol–water partition coefficient (Wildman–Crippen LogP) is 2.87. The van der Waals surface area contributed by atoms with Crippen molar-refractivity contribution in [3.63, 3.8) is 0 Å². The monoisotopic (exact) mass is 274 g/mol. The molecular weight excluding hydrogens is 262 g/mol. The summed E-state index contributed by atoms with van der Waals surface area (Å²) in [6.45, 7) is 0. The van der Waals surface area contributed by atoms with Gasteiger partial charge in [-0.25, -0.2) is 0 Å². The Morgan fingerprint density at radius 1 is 1.38 bits per heavy atom. The van der Waals surface area contributed by atoms with E-state index in [9.17, 15) is 0 Å². The van der Waals surface area contributed by atoms with Crippen LogP contribution in [0, 0.1) is 0 Å². The molecule has 0 heterocycles. The molecular formula is C4H12As2S2. The molecule has 0 N–H and O–H groups in total. The summed E-state index contributed by atoms with van der Waals surface area (Å²) < 4.78 is 0. The van der Waals surface area contributed by atoms with Crippen LogP contribution in [0.2, 0.25) is 22.8 Å². The van der Waals surface area contributed by atoms with Crippen molar-refractivity contribution < 1.29 is 0 Å². The first-order valence-electron chi connectivity index (χ1n) is 2.34. The SMILES string of the molecule is C[As](C)S[As](C)(C)=S. The fraction of sp³-hybridized carbons (Fsp3) is 1.00. The van der Waals surface area contributed by atoms with Gasteiger partial charge in [0, 0.05) is 0 Å². The van der Waals surface area contributed by atoms with Crippen molar-refractivity contribution in [2.24, 2.45) is 0 Å². The zero-order chi connectivity index (χ0) is 6.78. The van der Waals surface area contributed by atoms with Gasteiger partial charge in [-0.15, -0.1) is 0 Å². The van der Waals surface area contributed by atoms with Crippen molar-refractivity contribution in [2.75, 3.05) is 0 Å². The minimum absolute atomic E-state index is 0.464. The Hall–Kier alpha value is 1.69. The van der Waals surface area contributed by atoms with E-state index < -0.39 is 24.2 Å². The van der Waals surface area contributed by atoms with Crippen LogP contribution < -0.4 is 0 Å². The Morgan fingerprint density at radius 3 is 1.75 bits per heavy atom. The molecule has 0 aliphatic heterocycles. The van der Waals surface area contributed by atoms with Gasteiger partial charge in [-0.3, -0.25) is 0 Å². The molecule has 0 aliphatic carbocycles. The molecule has 0 atom stereocenters. The fourth-order valence-electron chi connectivity index (χ4n) is 0.393. The molecule has 0 rings (SSSR count). The van der Waals surface area contributed by atoms with Crippen LogP contribution in [0.5, 0.6) is 0 Å². The number of rotatable bonds is 2. The number of hydrogen-bond donors (Lipinski definition) is 0. The second kappa shape index (κ2) is 3.76. The molecule has 0 saturated heterocycles. The summed E-state index contributed by atoms with van der Waals surface area (Å²) in [5, 5.41) is 0. The summed E-state index contributed by atoms with van der Waals surface area (Å²) in [4.78, 5) is 0. The normalized spacial score (nSPS) is 12.6. The maximum atomic E-state index is 5.33. The second-order valence-corrected chi connectivity index (χ2v) is 31.8. The van der Waals surface area contributed by atoms with Crippen LogP contribution in [-0.2, 0) is 0 Å². The van der Waals surface area contributed by atoms with Crippen LogP contribution in [-0.4, -0.2) is 24.2 Å². The van der Waals surface area contributed by atoms with Crippen molar-refractivity contribution in [2.45, 2.75) is 22.8 Å². The van der Waals surface area contributed by atoms with Gasteiger partial charge >= 0.3 is 65.7 Å². The van der Waals surface area contributed by atoms with Crippen LogP contribution in [0.25, 0.3) is 0 Å². The molecule has 4 heteroatoms.